The van der Waals surface area contributed by atoms with E-state index in [0.29, 0.717) is 24.6 Å². The van der Waals surface area contributed by atoms with Gasteiger partial charge in [-0.25, -0.2) is 13.1 Å². The van der Waals surface area contributed by atoms with Gasteiger partial charge in [0.2, 0.25) is 10.0 Å². The third kappa shape index (κ3) is 4.56. The molecule has 8 heteroatoms. The van der Waals surface area contributed by atoms with Gasteiger partial charge in [0, 0.05) is 26.7 Å². The molecule has 1 aromatic heterocycles. The van der Waals surface area contributed by atoms with Crippen molar-refractivity contribution in [1.29, 1.82) is 0 Å². The number of rotatable bonds is 8. The minimum absolute atomic E-state index is 0.0355. The van der Waals surface area contributed by atoms with Crippen molar-refractivity contribution in [2.24, 2.45) is 0 Å². The van der Waals surface area contributed by atoms with E-state index in [1.54, 1.807) is 26.2 Å². The standard InChI is InChI=1S/C14H23N3O4S/c1-10(8-16-22(19,20)12-5-6-12)15-9-11-4-7-13(21-11)14(18)17(2)3/h4,7,10,12,15-16H,5-6,8-9H2,1-3H3. The van der Waals surface area contributed by atoms with Crippen LogP contribution in [0, 0.1) is 0 Å². The quantitative estimate of drug-likeness (QED) is 0.726. The van der Waals surface area contributed by atoms with Gasteiger partial charge in [0.05, 0.1) is 11.8 Å². The number of furan rings is 1. The first-order valence-electron chi connectivity index (χ1n) is 7.32. The monoisotopic (exact) mass is 329 g/mol. The molecule has 1 aromatic rings. The Labute approximate surface area is 131 Å². The number of amides is 1. The van der Waals surface area contributed by atoms with Crippen molar-refractivity contribution in [1.82, 2.24) is 14.9 Å². The van der Waals surface area contributed by atoms with E-state index >= 15 is 0 Å². The molecule has 1 saturated carbocycles. The Kier molecular flexibility index (Phi) is 5.25. The van der Waals surface area contributed by atoms with E-state index in [1.165, 1.54) is 4.90 Å². The Morgan fingerprint density at radius 2 is 2.09 bits per heavy atom. The molecule has 1 heterocycles. The molecule has 1 aliphatic rings. The van der Waals surface area contributed by atoms with Gasteiger partial charge in [0.15, 0.2) is 5.76 Å². The molecular formula is C14H23N3O4S. The van der Waals surface area contributed by atoms with Crippen LogP contribution in [0.4, 0.5) is 0 Å². The van der Waals surface area contributed by atoms with E-state index in [1.807, 2.05) is 6.92 Å². The Morgan fingerprint density at radius 3 is 2.68 bits per heavy atom. The summed E-state index contributed by atoms with van der Waals surface area (Å²) in [6.45, 7) is 2.67. The Morgan fingerprint density at radius 1 is 1.41 bits per heavy atom. The minimum Gasteiger partial charge on any atom is -0.455 e. The molecule has 0 saturated heterocycles. The summed E-state index contributed by atoms with van der Waals surface area (Å²) in [6, 6.07) is 3.34. The zero-order valence-electron chi connectivity index (χ0n) is 13.1. The summed E-state index contributed by atoms with van der Waals surface area (Å²) in [4.78, 5) is 13.2. The molecule has 1 aliphatic carbocycles. The van der Waals surface area contributed by atoms with E-state index in [0.717, 1.165) is 12.8 Å². The van der Waals surface area contributed by atoms with E-state index in [4.69, 9.17) is 4.42 Å². The van der Waals surface area contributed by atoms with Gasteiger partial charge in [-0.3, -0.25) is 4.79 Å². The van der Waals surface area contributed by atoms with Crippen molar-refractivity contribution in [2.75, 3.05) is 20.6 Å². The zero-order chi connectivity index (χ0) is 16.3. The molecular weight excluding hydrogens is 306 g/mol. The molecule has 0 aromatic carbocycles. The van der Waals surface area contributed by atoms with Gasteiger partial charge in [-0.1, -0.05) is 0 Å². The fourth-order valence-corrected chi connectivity index (χ4v) is 3.37. The summed E-state index contributed by atoms with van der Waals surface area (Å²) in [7, 11) is 0.182. The van der Waals surface area contributed by atoms with Gasteiger partial charge in [0.25, 0.3) is 5.91 Å². The lowest BCUT2D eigenvalue weighted by Gasteiger charge is -2.14. The first-order chi connectivity index (χ1) is 10.3. The molecule has 22 heavy (non-hydrogen) atoms. The molecule has 1 amide bonds. The molecule has 1 fully saturated rings. The van der Waals surface area contributed by atoms with Crippen LogP contribution >= 0.6 is 0 Å². The van der Waals surface area contributed by atoms with Gasteiger partial charge in [-0.2, -0.15) is 0 Å². The minimum atomic E-state index is -3.15. The number of hydrogen-bond acceptors (Lipinski definition) is 5. The first-order valence-corrected chi connectivity index (χ1v) is 8.86. The molecule has 0 aliphatic heterocycles. The van der Waals surface area contributed by atoms with Crippen molar-refractivity contribution in [3.63, 3.8) is 0 Å². The second-order valence-corrected chi connectivity index (χ2v) is 7.89. The van der Waals surface area contributed by atoms with Crippen LogP contribution in [0.15, 0.2) is 16.5 Å². The number of carbonyl (C=O) groups is 1. The van der Waals surface area contributed by atoms with Crippen molar-refractivity contribution in [3.8, 4) is 0 Å². The summed E-state index contributed by atoms with van der Waals surface area (Å²) in [5.41, 5.74) is 0. The van der Waals surface area contributed by atoms with Crippen molar-refractivity contribution in [3.05, 3.63) is 23.7 Å². The van der Waals surface area contributed by atoms with Crippen LogP contribution < -0.4 is 10.0 Å². The lowest BCUT2D eigenvalue weighted by Crippen LogP contribution is -2.39. The van der Waals surface area contributed by atoms with Crippen molar-refractivity contribution >= 4 is 15.9 Å². The Balaban J connectivity index is 1.76. The fraction of sp³-hybridized carbons (Fsp3) is 0.643. The normalized spacial score (nSPS) is 16.5. The van der Waals surface area contributed by atoms with E-state index in [2.05, 4.69) is 10.0 Å². The molecule has 0 spiro atoms. The molecule has 1 unspecified atom stereocenters. The molecule has 1 atom stereocenters. The van der Waals surface area contributed by atoms with Crippen LogP contribution in [0.5, 0.6) is 0 Å². The van der Waals surface area contributed by atoms with Gasteiger partial charge in [0.1, 0.15) is 5.76 Å². The maximum Gasteiger partial charge on any atom is 0.289 e. The van der Waals surface area contributed by atoms with Crippen LogP contribution in [0.2, 0.25) is 0 Å². The maximum atomic E-state index is 11.7. The lowest BCUT2D eigenvalue weighted by atomic mass is 10.3. The molecule has 0 bridgehead atoms. The predicted molar refractivity (Wildman–Crippen MR) is 83.0 cm³/mol. The van der Waals surface area contributed by atoms with Crippen molar-refractivity contribution in [2.45, 2.75) is 37.6 Å². The topological polar surface area (TPSA) is 91.7 Å². The predicted octanol–water partition coefficient (Wildman–Crippen LogP) is 0.541. The Hall–Kier alpha value is -1.38. The molecule has 2 rings (SSSR count). The number of sulfonamides is 1. The summed E-state index contributed by atoms with van der Waals surface area (Å²) in [6.07, 6.45) is 1.51. The summed E-state index contributed by atoms with van der Waals surface area (Å²) in [5.74, 6) is 0.752. The van der Waals surface area contributed by atoms with E-state index in [-0.39, 0.29) is 17.2 Å². The average Bonchev–Trinajstić information content (AvgIpc) is 3.22. The fourth-order valence-electron chi connectivity index (χ4n) is 1.89. The summed E-state index contributed by atoms with van der Waals surface area (Å²) < 4.78 is 31.5. The second kappa shape index (κ2) is 6.80. The average molecular weight is 329 g/mol. The molecule has 0 radical (unpaired) electrons. The highest BCUT2D eigenvalue weighted by molar-refractivity contribution is 7.90. The third-order valence-corrected chi connectivity index (χ3v) is 5.38. The van der Waals surface area contributed by atoms with E-state index in [9.17, 15) is 13.2 Å². The second-order valence-electron chi connectivity index (χ2n) is 5.84. The van der Waals surface area contributed by atoms with E-state index < -0.39 is 10.0 Å². The van der Waals surface area contributed by atoms with Crippen LogP contribution in [-0.2, 0) is 16.6 Å². The van der Waals surface area contributed by atoms with Gasteiger partial charge in [-0.05, 0) is 31.9 Å². The number of hydrogen-bond donors (Lipinski definition) is 2. The molecule has 2 N–H and O–H groups in total. The largest absolute Gasteiger partial charge is 0.455 e. The number of nitrogens with zero attached hydrogens (tertiary/aromatic N) is 1. The maximum absolute atomic E-state index is 11.7. The van der Waals surface area contributed by atoms with Crippen LogP contribution in [0.3, 0.4) is 0 Å². The highest BCUT2D eigenvalue weighted by Crippen LogP contribution is 2.27. The van der Waals surface area contributed by atoms with Gasteiger partial charge >= 0.3 is 0 Å². The van der Waals surface area contributed by atoms with Crippen LogP contribution in [0.1, 0.15) is 36.1 Å². The molecule has 124 valence electrons. The van der Waals surface area contributed by atoms with Gasteiger partial charge < -0.3 is 14.6 Å². The SMILES string of the molecule is CC(CNS(=O)(=O)C1CC1)NCc1ccc(C(=O)N(C)C)o1. The third-order valence-electron chi connectivity index (χ3n) is 3.46. The zero-order valence-corrected chi connectivity index (χ0v) is 13.9. The highest BCUT2D eigenvalue weighted by atomic mass is 32.2. The number of nitrogens with one attached hydrogen (secondary N) is 2. The van der Waals surface area contributed by atoms with Crippen molar-refractivity contribution < 1.29 is 17.6 Å². The lowest BCUT2D eigenvalue weighted by molar-refractivity contribution is 0.0794. The van der Waals surface area contributed by atoms with Gasteiger partial charge in [-0.15, -0.1) is 0 Å². The van der Waals surface area contributed by atoms with Crippen LogP contribution in [0.25, 0.3) is 0 Å². The van der Waals surface area contributed by atoms with Crippen LogP contribution in [-0.4, -0.2) is 51.2 Å². The summed E-state index contributed by atoms with van der Waals surface area (Å²) >= 11 is 0. The first kappa shape index (κ1) is 17.0. The molecule has 7 nitrogen and oxygen atoms in total. The number of carbonyl (C=O) groups excluding carboxylic acids is 1. The summed E-state index contributed by atoms with van der Waals surface area (Å²) in [5, 5.41) is 2.96. The Bertz CT molecular complexity index is 620. The highest BCUT2D eigenvalue weighted by Gasteiger charge is 2.35. The smallest absolute Gasteiger partial charge is 0.289 e.